The van der Waals surface area contributed by atoms with E-state index in [0.717, 1.165) is 5.56 Å². The van der Waals surface area contributed by atoms with Crippen molar-refractivity contribution < 1.29 is 14.1 Å². The van der Waals surface area contributed by atoms with Crippen molar-refractivity contribution in [3.8, 4) is 11.3 Å². The average Bonchev–Trinajstić information content (AvgIpc) is 3.16. The summed E-state index contributed by atoms with van der Waals surface area (Å²) in [5.74, 6) is -0.355. The van der Waals surface area contributed by atoms with Gasteiger partial charge in [-0.15, -0.1) is 0 Å². The number of carbonyl (C=O) groups is 1. The van der Waals surface area contributed by atoms with Crippen molar-refractivity contribution in [2.24, 2.45) is 0 Å². The van der Waals surface area contributed by atoms with E-state index in [2.05, 4.69) is 10.3 Å². The minimum Gasteiger partial charge on any atom is -0.312 e. The Kier molecular flexibility index (Phi) is 5.76. The van der Waals surface area contributed by atoms with Crippen LogP contribution in [0.5, 0.6) is 0 Å². The normalized spacial score (nSPS) is 10.7. The van der Waals surface area contributed by atoms with Crippen LogP contribution in [0.2, 0.25) is 0 Å². The molecule has 1 amide bonds. The molecule has 0 aliphatic carbocycles. The lowest BCUT2D eigenvalue weighted by Crippen LogP contribution is -2.16. The highest BCUT2D eigenvalue weighted by Gasteiger charge is 2.19. The molecular weight excluding hydrogens is 411 g/mol. The van der Waals surface area contributed by atoms with Crippen molar-refractivity contribution in [3.05, 3.63) is 112 Å². The molecule has 8 heteroatoms. The summed E-state index contributed by atoms with van der Waals surface area (Å²) in [6.45, 7) is 2.04. The van der Waals surface area contributed by atoms with Crippen LogP contribution in [0.3, 0.4) is 0 Å². The third-order valence-corrected chi connectivity index (χ3v) is 5.04. The first-order valence-electron chi connectivity index (χ1n) is 9.84. The average molecular weight is 430 g/mol. The number of hydrogen-bond donors (Lipinski definition) is 1. The summed E-state index contributed by atoms with van der Waals surface area (Å²) in [5.41, 5.74) is 2.77. The molecule has 0 bridgehead atoms. The topological polar surface area (TPSA) is 90.1 Å². The van der Waals surface area contributed by atoms with Crippen LogP contribution < -0.4 is 5.32 Å². The van der Waals surface area contributed by atoms with Gasteiger partial charge in [0.25, 0.3) is 11.6 Å². The highest BCUT2D eigenvalue weighted by Crippen LogP contribution is 2.29. The van der Waals surface area contributed by atoms with Crippen molar-refractivity contribution in [1.82, 2.24) is 9.55 Å². The van der Waals surface area contributed by atoms with Gasteiger partial charge in [-0.25, -0.2) is 9.37 Å². The number of anilines is 1. The van der Waals surface area contributed by atoms with Crippen molar-refractivity contribution in [1.29, 1.82) is 0 Å². The maximum atomic E-state index is 13.4. The van der Waals surface area contributed by atoms with Gasteiger partial charge in [-0.05, 0) is 48.9 Å². The summed E-state index contributed by atoms with van der Waals surface area (Å²) in [6, 6.07) is 19.7. The quantitative estimate of drug-likeness (QED) is 0.336. The molecule has 0 fully saturated rings. The van der Waals surface area contributed by atoms with E-state index in [-0.39, 0.29) is 17.1 Å². The van der Waals surface area contributed by atoms with Crippen molar-refractivity contribution >= 4 is 17.4 Å². The molecule has 0 saturated heterocycles. The van der Waals surface area contributed by atoms with Gasteiger partial charge in [0.05, 0.1) is 17.8 Å². The maximum Gasteiger partial charge on any atom is 0.272 e. The van der Waals surface area contributed by atoms with E-state index in [1.54, 1.807) is 30.0 Å². The standard InChI is InChI=1S/C24H19FN4O3/c1-16-13-19(9-12-21(16)29(31)32)24(30)27-23-22(18-7-10-20(25)11-8-18)26-15-28(23)14-17-5-3-2-4-6-17/h2-13,15H,14H2,1H3,(H,27,30). The molecule has 0 spiro atoms. The fraction of sp³-hybridized carbons (Fsp3) is 0.0833. The molecular formula is C24H19FN4O3. The molecule has 4 rings (SSSR count). The highest BCUT2D eigenvalue weighted by atomic mass is 19.1. The lowest BCUT2D eigenvalue weighted by Gasteiger charge is -2.12. The molecule has 7 nitrogen and oxygen atoms in total. The SMILES string of the molecule is Cc1cc(C(=O)Nc2c(-c3ccc(F)cc3)ncn2Cc2ccccc2)ccc1[N+](=O)[O-]. The molecule has 0 aliphatic heterocycles. The Morgan fingerprint density at radius 3 is 2.47 bits per heavy atom. The second-order valence-corrected chi connectivity index (χ2v) is 7.27. The van der Waals surface area contributed by atoms with Gasteiger partial charge in [-0.3, -0.25) is 14.9 Å². The van der Waals surface area contributed by atoms with E-state index in [1.165, 1.54) is 30.3 Å². The molecule has 0 aliphatic rings. The number of hydrogen-bond acceptors (Lipinski definition) is 4. The summed E-state index contributed by atoms with van der Waals surface area (Å²) >= 11 is 0. The lowest BCUT2D eigenvalue weighted by atomic mass is 10.1. The third kappa shape index (κ3) is 4.39. The summed E-state index contributed by atoms with van der Waals surface area (Å²) < 4.78 is 15.2. The first-order valence-corrected chi connectivity index (χ1v) is 9.84. The Hall–Kier alpha value is -4.33. The fourth-order valence-electron chi connectivity index (χ4n) is 3.41. The Morgan fingerprint density at radius 2 is 1.81 bits per heavy atom. The number of imidazole rings is 1. The zero-order chi connectivity index (χ0) is 22.7. The second kappa shape index (κ2) is 8.81. The molecule has 0 unspecified atom stereocenters. The van der Waals surface area contributed by atoms with E-state index in [1.807, 2.05) is 30.3 Å². The number of nitro benzene ring substituents is 1. The molecule has 1 heterocycles. The number of aryl methyl sites for hydroxylation is 1. The Labute approximate surface area is 183 Å². The fourth-order valence-corrected chi connectivity index (χ4v) is 3.41. The molecule has 1 N–H and O–H groups in total. The van der Waals surface area contributed by atoms with Gasteiger partial charge in [0, 0.05) is 22.8 Å². The van der Waals surface area contributed by atoms with Crippen LogP contribution in [0.15, 0.2) is 79.1 Å². The molecule has 1 aromatic heterocycles. The second-order valence-electron chi connectivity index (χ2n) is 7.27. The molecule has 0 saturated carbocycles. The number of nitrogens with one attached hydrogen (secondary N) is 1. The van der Waals surface area contributed by atoms with Crippen LogP contribution in [0.4, 0.5) is 15.9 Å². The first-order chi connectivity index (χ1) is 15.4. The number of nitro groups is 1. The predicted octanol–water partition coefficient (Wildman–Crippen LogP) is 5.21. The lowest BCUT2D eigenvalue weighted by molar-refractivity contribution is -0.385. The summed E-state index contributed by atoms with van der Waals surface area (Å²) in [5, 5.41) is 14.0. The molecule has 3 aromatic carbocycles. The number of nitrogens with zero attached hydrogens (tertiary/aromatic N) is 3. The van der Waals surface area contributed by atoms with Gasteiger partial charge in [0.1, 0.15) is 17.3 Å². The Morgan fingerprint density at radius 1 is 1.09 bits per heavy atom. The molecule has 0 radical (unpaired) electrons. The minimum absolute atomic E-state index is 0.0531. The van der Waals surface area contributed by atoms with Crippen molar-refractivity contribution in [2.45, 2.75) is 13.5 Å². The van der Waals surface area contributed by atoms with Crippen LogP contribution in [0.1, 0.15) is 21.5 Å². The van der Waals surface area contributed by atoms with Gasteiger partial charge in [0.2, 0.25) is 0 Å². The third-order valence-electron chi connectivity index (χ3n) is 5.04. The van der Waals surface area contributed by atoms with Crippen LogP contribution in [0, 0.1) is 22.9 Å². The summed E-state index contributed by atoms with van der Waals surface area (Å²) in [6.07, 6.45) is 1.61. The van der Waals surface area contributed by atoms with Crippen LogP contribution in [0.25, 0.3) is 11.3 Å². The van der Waals surface area contributed by atoms with E-state index in [0.29, 0.717) is 29.2 Å². The Balaban J connectivity index is 1.71. The summed E-state index contributed by atoms with van der Waals surface area (Å²) in [7, 11) is 0. The molecule has 0 atom stereocenters. The van der Waals surface area contributed by atoms with Gasteiger partial charge in [-0.2, -0.15) is 0 Å². The number of benzene rings is 3. The number of rotatable bonds is 6. The zero-order valence-corrected chi connectivity index (χ0v) is 17.2. The molecule has 4 aromatic rings. The maximum absolute atomic E-state index is 13.4. The van der Waals surface area contributed by atoms with E-state index >= 15 is 0 Å². The summed E-state index contributed by atoms with van der Waals surface area (Å²) in [4.78, 5) is 28.0. The van der Waals surface area contributed by atoms with Gasteiger partial charge in [-0.1, -0.05) is 30.3 Å². The predicted molar refractivity (Wildman–Crippen MR) is 119 cm³/mol. The monoisotopic (exact) mass is 430 g/mol. The smallest absolute Gasteiger partial charge is 0.272 e. The molecule has 160 valence electrons. The van der Waals surface area contributed by atoms with Crippen LogP contribution in [-0.4, -0.2) is 20.4 Å². The van der Waals surface area contributed by atoms with E-state index < -0.39 is 10.8 Å². The number of carbonyl (C=O) groups excluding carboxylic acids is 1. The van der Waals surface area contributed by atoms with Crippen molar-refractivity contribution in [3.63, 3.8) is 0 Å². The van der Waals surface area contributed by atoms with Gasteiger partial charge >= 0.3 is 0 Å². The molecule has 32 heavy (non-hydrogen) atoms. The van der Waals surface area contributed by atoms with Crippen molar-refractivity contribution in [2.75, 3.05) is 5.32 Å². The van der Waals surface area contributed by atoms with Crippen LogP contribution in [-0.2, 0) is 6.54 Å². The largest absolute Gasteiger partial charge is 0.312 e. The Bertz CT molecular complexity index is 1280. The first kappa shape index (κ1) is 20.9. The van der Waals surface area contributed by atoms with E-state index in [9.17, 15) is 19.3 Å². The number of aromatic nitrogens is 2. The zero-order valence-electron chi connectivity index (χ0n) is 17.2. The highest BCUT2D eigenvalue weighted by molar-refractivity contribution is 6.05. The number of amides is 1. The number of halogens is 1. The minimum atomic E-state index is -0.488. The van der Waals surface area contributed by atoms with Gasteiger partial charge < -0.3 is 9.88 Å². The van der Waals surface area contributed by atoms with Gasteiger partial charge in [0.15, 0.2) is 0 Å². The van der Waals surface area contributed by atoms with E-state index in [4.69, 9.17) is 0 Å². The van der Waals surface area contributed by atoms with Crippen LogP contribution >= 0.6 is 0 Å².